The molecular formula is C23H31N3O3. The van der Waals surface area contributed by atoms with Crippen LogP contribution in [0.2, 0.25) is 0 Å². The molecule has 0 saturated carbocycles. The van der Waals surface area contributed by atoms with E-state index in [-0.39, 0.29) is 24.4 Å². The SMILES string of the molecule is CCC(C)NC(=O)c1ccc(NC(=O)CNc2ccc(OCC(C)C)cc2)cc1. The van der Waals surface area contributed by atoms with Crippen molar-refractivity contribution in [3.63, 3.8) is 0 Å². The van der Waals surface area contributed by atoms with Crippen LogP contribution in [-0.2, 0) is 4.79 Å². The minimum absolute atomic E-state index is 0.111. The van der Waals surface area contributed by atoms with Crippen LogP contribution < -0.4 is 20.7 Å². The second-order valence-corrected chi connectivity index (χ2v) is 7.49. The number of rotatable bonds is 10. The van der Waals surface area contributed by atoms with Crippen molar-refractivity contribution in [3.8, 4) is 5.75 Å². The molecule has 3 N–H and O–H groups in total. The summed E-state index contributed by atoms with van der Waals surface area (Å²) in [5.74, 6) is 1.01. The Hall–Kier alpha value is -3.02. The summed E-state index contributed by atoms with van der Waals surface area (Å²) in [4.78, 5) is 24.2. The van der Waals surface area contributed by atoms with Gasteiger partial charge in [0.1, 0.15) is 5.75 Å². The van der Waals surface area contributed by atoms with E-state index in [9.17, 15) is 9.59 Å². The lowest BCUT2D eigenvalue weighted by atomic mass is 10.1. The molecule has 1 unspecified atom stereocenters. The number of hydrogen-bond acceptors (Lipinski definition) is 4. The van der Waals surface area contributed by atoms with E-state index >= 15 is 0 Å². The molecule has 0 fully saturated rings. The third-order valence-electron chi connectivity index (χ3n) is 4.31. The highest BCUT2D eigenvalue weighted by Gasteiger charge is 2.09. The zero-order chi connectivity index (χ0) is 21.2. The lowest BCUT2D eigenvalue weighted by Gasteiger charge is -2.12. The molecule has 6 nitrogen and oxygen atoms in total. The van der Waals surface area contributed by atoms with Gasteiger partial charge in [-0.1, -0.05) is 20.8 Å². The minimum atomic E-state index is -0.165. The fourth-order valence-corrected chi connectivity index (χ4v) is 2.43. The highest BCUT2D eigenvalue weighted by Crippen LogP contribution is 2.16. The number of nitrogens with one attached hydrogen (secondary N) is 3. The first-order valence-corrected chi connectivity index (χ1v) is 10.0. The van der Waals surface area contributed by atoms with Gasteiger partial charge >= 0.3 is 0 Å². The van der Waals surface area contributed by atoms with Crippen molar-refractivity contribution in [2.24, 2.45) is 5.92 Å². The van der Waals surface area contributed by atoms with Crippen LogP contribution in [0, 0.1) is 5.92 Å². The van der Waals surface area contributed by atoms with Crippen LogP contribution in [0.15, 0.2) is 48.5 Å². The average molecular weight is 398 g/mol. The van der Waals surface area contributed by atoms with E-state index in [1.54, 1.807) is 24.3 Å². The van der Waals surface area contributed by atoms with Crippen LogP contribution in [0.4, 0.5) is 11.4 Å². The monoisotopic (exact) mass is 397 g/mol. The van der Waals surface area contributed by atoms with E-state index in [1.807, 2.05) is 38.1 Å². The van der Waals surface area contributed by atoms with E-state index in [0.717, 1.165) is 17.9 Å². The molecule has 1 atom stereocenters. The molecule has 0 aliphatic rings. The summed E-state index contributed by atoms with van der Waals surface area (Å²) in [7, 11) is 0. The predicted octanol–water partition coefficient (Wildman–Crippen LogP) is 4.30. The maximum Gasteiger partial charge on any atom is 0.251 e. The lowest BCUT2D eigenvalue weighted by Crippen LogP contribution is -2.31. The first-order valence-electron chi connectivity index (χ1n) is 10.0. The van der Waals surface area contributed by atoms with Gasteiger partial charge in [-0.3, -0.25) is 9.59 Å². The summed E-state index contributed by atoms with van der Waals surface area (Å²) in [6.45, 7) is 9.00. The molecule has 0 radical (unpaired) electrons. The molecule has 0 saturated heterocycles. The molecule has 6 heteroatoms. The maximum atomic E-state index is 12.2. The highest BCUT2D eigenvalue weighted by atomic mass is 16.5. The topological polar surface area (TPSA) is 79.5 Å². The zero-order valence-electron chi connectivity index (χ0n) is 17.6. The van der Waals surface area contributed by atoms with Gasteiger partial charge in [-0.25, -0.2) is 0 Å². The number of hydrogen-bond donors (Lipinski definition) is 3. The number of benzene rings is 2. The van der Waals surface area contributed by atoms with Crippen molar-refractivity contribution in [1.82, 2.24) is 5.32 Å². The highest BCUT2D eigenvalue weighted by molar-refractivity contribution is 5.96. The molecule has 2 aromatic rings. The van der Waals surface area contributed by atoms with E-state index in [0.29, 0.717) is 23.8 Å². The van der Waals surface area contributed by atoms with Gasteiger partial charge < -0.3 is 20.7 Å². The van der Waals surface area contributed by atoms with Crippen LogP contribution >= 0.6 is 0 Å². The summed E-state index contributed by atoms with van der Waals surface area (Å²) in [6.07, 6.45) is 0.876. The number of ether oxygens (including phenoxy) is 1. The van der Waals surface area contributed by atoms with Gasteiger partial charge in [0.15, 0.2) is 0 Å². The Morgan fingerprint density at radius 1 is 0.931 bits per heavy atom. The van der Waals surface area contributed by atoms with Crippen molar-refractivity contribution < 1.29 is 14.3 Å². The predicted molar refractivity (Wildman–Crippen MR) is 118 cm³/mol. The lowest BCUT2D eigenvalue weighted by molar-refractivity contribution is -0.114. The molecule has 0 aromatic heterocycles. The molecule has 0 aliphatic carbocycles. The first kappa shape index (κ1) is 22.3. The molecule has 2 amide bonds. The van der Waals surface area contributed by atoms with Crippen LogP contribution in [0.25, 0.3) is 0 Å². The van der Waals surface area contributed by atoms with Crippen LogP contribution in [0.1, 0.15) is 44.5 Å². The number of anilines is 2. The van der Waals surface area contributed by atoms with E-state index in [4.69, 9.17) is 4.74 Å². The Labute approximate surface area is 173 Å². The van der Waals surface area contributed by atoms with Crippen molar-refractivity contribution in [3.05, 3.63) is 54.1 Å². The zero-order valence-corrected chi connectivity index (χ0v) is 17.6. The molecule has 0 bridgehead atoms. The largest absolute Gasteiger partial charge is 0.493 e. The van der Waals surface area contributed by atoms with E-state index in [2.05, 4.69) is 29.8 Å². The summed E-state index contributed by atoms with van der Waals surface area (Å²) in [5, 5.41) is 8.82. The summed E-state index contributed by atoms with van der Waals surface area (Å²) < 4.78 is 5.65. The number of carbonyl (C=O) groups excluding carboxylic acids is 2. The first-order chi connectivity index (χ1) is 13.9. The van der Waals surface area contributed by atoms with Gasteiger partial charge in [0.05, 0.1) is 13.2 Å². The standard InChI is InChI=1S/C23H31N3O3/c1-5-17(4)25-23(28)18-6-8-20(9-7-18)26-22(27)14-24-19-10-12-21(13-11-19)29-15-16(2)3/h6-13,16-17,24H,5,14-15H2,1-4H3,(H,25,28)(H,26,27). The van der Waals surface area contributed by atoms with Crippen molar-refractivity contribution in [2.45, 2.75) is 40.2 Å². The van der Waals surface area contributed by atoms with Gasteiger partial charge in [-0.15, -0.1) is 0 Å². The Balaban J connectivity index is 1.79. The molecule has 29 heavy (non-hydrogen) atoms. The quantitative estimate of drug-likeness (QED) is 0.558. The van der Waals surface area contributed by atoms with Gasteiger partial charge in [0.25, 0.3) is 5.91 Å². The third-order valence-corrected chi connectivity index (χ3v) is 4.31. The molecule has 0 aliphatic heterocycles. The fraction of sp³-hybridized carbons (Fsp3) is 0.391. The van der Waals surface area contributed by atoms with Gasteiger partial charge in [-0.2, -0.15) is 0 Å². The van der Waals surface area contributed by atoms with Crippen LogP contribution in [0.5, 0.6) is 5.75 Å². The van der Waals surface area contributed by atoms with Gasteiger partial charge in [0.2, 0.25) is 5.91 Å². The van der Waals surface area contributed by atoms with Crippen LogP contribution in [-0.4, -0.2) is 31.0 Å². The summed E-state index contributed by atoms with van der Waals surface area (Å²) >= 11 is 0. The Morgan fingerprint density at radius 3 is 2.14 bits per heavy atom. The van der Waals surface area contributed by atoms with Crippen molar-refractivity contribution >= 4 is 23.2 Å². The van der Waals surface area contributed by atoms with E-state index in [1.165, 1.54) is 0 Å². The second kappa shape index (κ2) is 11.1. The molecule has 0 heterocycles. The summed E-state index contributed by atoms with van der Waals surface area (Å²) in [6, 6.07) is 14.5. The van der Waals surface area contributed by atoms with Crippen LogP contribution in [0.3, 0.4) is 0 Å². The molecule has 156 valence electrons. The fourth-order valence-electron chi connectivity index (χ4n) is 2.43. The molecule has 2 rings (SSSR count). The van der Waals surface area contributed by atoms with Gasteiger partial charge in [-0.05, 0) is 67.8 Å². The number of carbonyl (C=O) groups is 2. The van der Waals surface area contributed by atoms with Crippen molar-refractivity contribution in [1.29, 1.82) is 0 Å². The van der Waals surface area contributed by atoms with E-state index < -0.39 is 0 Å². The second-order valence-electron chi connectivity index (χ2n) is 7.49. The van der Waals surface area contributed by atoms with Gasteiger partial charge in [0, 0.05) is 23.0 Å². The smallest absolute Gasteiger partial charge is 0.251 e. The Bertz CT molecular complexity index is 786. The molecule has 0 spiro atoms. The third kappa shape index (κ3) is 7.86. The normalized spacial score (nSPS) is 11.6. The Kier molecular flexibility index (Phi) is 8.52. The number of amides is 2. The average Bonchev–Trinajstić information content (AvgIpc) is 2.71. The summed E-state index contributed by atoms with van der Waals surface area (Å²) in [5.41, 5.74) is 2.06. The minimum Gasteiger partial charge on any atom is -0.493 e. The molecule has 2 aromatic carbocycles. The molecular weight excluding hydrogens is 366 g/mol. The maximum absolute atomic E-state index is 12.2. The van der Waals surface area contributed by atoms with Crippen molar-refractivity contribution in [2.75, 3.05) is 23.8 Å². The Morgan fingerprint density at radius 2 is 1.55 bits per heavy atom.